The summed E-state index contributed by atoms with van der Waals surface area (Å²) in [4.78, 5) is 0. The number of allylic oxidation sites excluding steroid dienone is 1. The summed E-state index contributed by atoms with van der Waals surface area (Å²) < 4.78 is 112. The van der Waals surface area contributed by atoms with E-state index < -0.39 is 47.1 Å². The highest BCUT2D eigenvalue weighted by Crippen LogP contribution is 2.37. The minimum absolute atomic E-state index is 0.0102. The van der Waals surface area contributed by atoms with Gasteiger partial charge in [-0.2, -0.15) is 17.6 Å². The van der Waals surface area contributed by atoms with Crippen molar-refractivity contribution in [2.24, 2.45) is 5.92 Å². The summed E-state index contributed by atoms with van der Waals surface area (Å²) in [6.07, 6.45) is -1.37. The van der Waals surface area contributed by atoms with Gasteiger partial charge in [-0.15, -0.1) is 0 Å². The molecule has 10 heteroatoms. The first kappa shape index (κ1) is 28.2. The number of hydrogen-bond acceptors (Lipinski definition) is 3. The molecule has 0 spiro atoms. The van der Waals surface area contributed by atoms with Crippen LogP contribution in [0.25, 0.3) is 11.1 Å². The highest BCUT2D eigenvalue weighted by atomic mass is 19.3. The fourth-order valence-electron chi connectivity index (χ4n) is 4.29. The Morgan fingerprint density at radius 2 is 1.59 bits per heavy atom. The van der Waals surface area contributed by atoms with Gasteiger partial charge >= 0.3 is 12.2 Å². The first-order valence-electron chi connectivity index (χ1n) is 12.0. The maximum atomic E-state index is 14.8. The molecule has 0 aromatic heterocycles. The number of ether oxygens (including phenoxy) is 3. The predicted molar refractivity (Wildman–Crippen MR) is 130 cm³/mol. The van der Waals surface area contributed by atoms with E-state index in [-0.39, 0.29) is 29.1 Å². The van der Waals surface area contributed by atoms with Crippen molar-refractivity contribution in [3.63, 3.8) is 0 Å². The SMILES string of the molecule is C/C=C/C1CCC(c2ccc(C(F)(F)Oc3ccc(-c4cc(F)c(OC=C(F)F)c(F)c4)cc3)c(F)c2)OC1. The predicted octanol–water partition coefficient (Wildman–Crippen LogP) is 9.06. The molecule has 0 amide bonds. The molecular weight excluding hydrogens is 529 g/mol. The van der Waals surface area contributed by atoms with E-state index in [0.717, 1.165) is 42.8 Å². The molecule has 0 bridgehead atoms. The molecule has 0 radical (unpaired) electrons. The second kappa shape index (κ2) is 11.9. The number of hydrogen-bond donors (Lipinski definition) is 0. The topological polar surface area (TPSA) is 27.7 Å². The maximum Gasteiger partial charge on any atom is 0.429 e. The van der Waals surface area contributed by atoms with Crippen molar-refractivity contribution in [1.82, 2.24) is 0 Å². The van der Waals surface area contributed by atoms with Crippen molar-refractivity contribution in [3.8, 4) is 22.6 Å². The fourth-order valence-corrected chi connectivity index (χ4v) is 4.29. The monoisotopic (exact) mass is 552 g/mol. The van der Waals surface area contributed by atoms with Crippen LogP contribution in [0.5, 0.6) is 11.5 Å². The Balaban J connectivity index is 1.46. The second-order valence-electron chi connectivity index (χ2n) is 8.86. The lowest BCUT2D eigenvalue weighted by Gasteiger charge is -2.28. The van der Waals surface area contributed by atoms with E-state index in [1.807, 2.05) is 19.1 Å². The molecule has 0 saturated carbocycles. The molecule has 1 aliphatic rings. The van der Waals surface area contributed by atoms with Gasteiger partial charge in [-0.1, -0.05) is 30.4 Å². The third-order valence-electron chi connectivity index (χ3n) is 6.15. The maximum absolute atomic E-state index is 14.8. The van der Waals surface area contributed by atoms with E-state index >= 15 is 0 Å². The molecule has 1 heterocycles. The van der Waals surface area contributed by atoms with Gasteiger partial charge in [0, 0.05) is 5.92 Å². The van der Waals surface area contributed by atoms with Crippen LogP contribution in [-0.4, -0.2) is 6.61 Å². The van der Waals surface area contributed by atoms with Crippen molar-refractivity contribution >= 4 is 0 Å². The molecule has 2 atom stereocenters. The van der Waals surface area contributed by atoms with Gasteiger partial charge in [-0.05, 0) is 72.9 Å². The molecule has 1 fully saturated rings. The molecule has 3 aromatic rings. The molecule has 1 aliphatic heterocycles. The highest BCUT2D eigenvalue weighted by Gasteiger charge is 2.38. The Hall–Kier alpha value is -3.79. The van der Waals surface area contributed by atoms with E-state index in [9.17, 15) is 30.7 Å². The van der Waals surface area contributed by atoms with Gasteiger partial charge in [-0.3, -0.25) is 0 Å². The average molecular weight is 552 g/mol. The fraction of sp³-hybridized carbons (Fsp3) is 0.241. The minimum atomic E-state index is -4.02. The molecule has 3 aromatic carbocycles. The summed E-state index contributed by atoms with van der Waals surface area (Å²) in [7, 11) is 0. The molecule has 1 saturated heterocycles. The van der Waals surface area contributed by atoms with Gasteiger partial charge in [-0.25, -0.2) is 13.2 Å². The normalized spacial score (nSPS) is 17.7. The van der Waals surface area contributed by atoms with Crippen molar-refractivity contribution in [2.45, 2.75) is 32.0 Å². The molecule has 39 heavy (non-hydrogen) atoms. The van der Waals surface area contributed by atoms with Crippen LogP contribution in [0.15, 0.2) is 79.1 Å². The summed E-state index contributed by atoms with van der Waals surface area (Å²) >= 11 is 0. The summed E-state index contributed by atoms with van der Waals surface area (Å²) in [6.45, 7) is 2.37. The largest absolute Gasteiger partial charge is 0.453 e. The molecule has 206 valence electrons. The van der Waals surface area contributed by atoms with Crippen LogP contribution in [-0.2, 0) is 10.8 Å². The van der Waals surface area contributed by atoms with Gasteiger partial charge in [0.05, 0.1) is 18.3 Å². The summed E-state index contributed by atoms with van der Waals surface area (Å²) in [5, 5.41) is 0. The highest BCUT2D eigenvalue weighted by molar-refractivity contribution is 5.65. The van der Waals surface area contributed by atoms with E-state index in [1.165, 1.54) is 18.2 Å². The van der Waals surface area contributed by atoms with Crippen LogP contribution in [0.2, 0.25) is 0 Å². The van der Waals surface area contributed by atoms with Gasteiger partial charge in [0.25, 0.3) is 0 Å². The summed E-state index contributed by atoms with van der Waals surface area (Å²) in [5.41, 5.74) is -0.306. The van der Waals surface area contributed by atoms with E-state index in [4.69, 9.17) is 9.47 Å². The van der Waals surface area contributed by atoms with Gasteiger partial charge in [0.15, 0.2) is 23.6 Å². The average Bonchev–Trinajstić information content (AvgIpc) is 2.88. The zero-order valence-corrected chi connectivity index (χ0v) is 20.6. The Labute approximate surface area is 220 Å². The van der Waals surface area contributed by atoms with Crippen molar-refractivity contribution in [2.75, 3.05) is 6.61 Å². The lowest BCUT2D eigenvalue weighted by atomic mass is 9.94. The van der Waals surface area contributed by atoms with E-state index in [0.29, 0.717) is 18.6 Å². The minimum Gasteiger partial charge on any atom is -0.453 e. The lowest BCUT2D eigenvalue weighted by Crippen LogP contribution is -2.24. The van der Waals surface area contributed by atoms with Crippen LogP contribution in [0, 0.1) is 23.4 Å². The van der Waals surface area contributed by atoms with Crippen molar-refractivity contribution in [1.29, 1.82) is 0 Å². The molecule has 2 unspecified atom stereocenters. The third-order valence-corrected chi connectivity index (χ3v) is 6.15. The Bertz CT molecular complexity index is 1330. The number of rotatable bonds is 8. The smallest absolute Gasteiger partial charge is 0.429 e. The molecule has 0 N–H and O–H groups in total. The van der Waals surface area contributed by atoms with Crippen LogP contribution < -0.4 is 9.47 Å². The second-order valence-corrected chi connectivity index (χ2v) is 8.86. The zero-order valence-electron chi connectivity index (χ0n) is 20.6. The number of benzene rings is 3. The van der Waals surface area contributed by atoms with Crippen molar-refractivity contribution in [3.05, 3.63) is 108 Å². The first-order valence-corrected chi connectivity index (χ1v) is 12.0. The van der Waals surface area contributed by atoms with Gasteiger partial charge in [0.1, 0.15) is 11.6 Å². The van der Waals surface area contributed by atoms with E-state index in [2.05, 4.69) is 4.74 Å². The van der Waals surface area contributed by atoms with Gasteiger partial charge < -0.3 is 14.2 Å². The van der Waals surface area contributed by atoms with Gasteiger partial charge in [0.2, 0.25) is 0 Å². The Kier molecular flexibility index (Phi) is 8.64. The lowest BCUT2D eigenvalue weighted by molar-refractivity contribution is -0.187. The molecule has 0 aliphatic carbocycles. The summed E-state index contributed by atoms with van der Waals surface area (Å²) in [6, 6.07) is 9.77. The third kappa shape index (κ3) is 6.81. The van der Waals surface area contributed by atoms with Crippen molar-refractivity contribution < 1.29 is 44.9 Å². The van der Waals surface area contributed by atoms with Crippen LogP contribution >= 0.6 is 0 Å². The number of alkyl halides is 2. The van der Waals surface area contributed by atoms with Crippen LogP contribution in [0.3, 0.4) is 0 Å². The first-order chi connectivity index (χ1) is 18.6. The van der Waals surface area contributed by atoms with Crippen LogP contribution in [0.4, 0.5) is 30.7 Å². The standard InChI is InChI=1S/C29H23F7O3/c1-2-3-17-4-11-26(37-15-17)19-7-10-22(23(30)12-19)29(35,36)39-21-8-5-18(6-9-21)20-13-24(31)28(25(32)14-20)38-16-27(33)34/h2-3,5-10,12-14,16-17,26H,4,11,15H2,1H3/b3-2+. The van der Waals surface area contributed by atoms with E-state index in [1.54, 1.807) is 0 Å². The molecule has 3 nitrogen and oxygen atoms in total. The van der Waals surface area contributed by atoms with Crippen LogP contribution in [0.1, 0.15) is 37.0 Å². The summed E-state index contributed by atoms with van der Waals surface area (Å²) in [5.74, 6) is -4.73. The molecular formula is C29H23F7O3. The Morgan fingerprint density at radius 3 is 2.15 bits per heavy atom. The molecule has 4 rings (SSSR count). The zero-order chi connectivity index (χ0) is 28.2. The Morgan fingerprint density at radius 1 is 0.897 bits per heavy atom. The quantitative estimate of drug-likeness (QED) is 0.159. The number of halogens is 7.